The van der Waals surface area contributed by atoms with Gasteiger partial charge < -0.3 is 14.6 Å². The molecule has 0 unspecified atom stereocenters. The van der Waals surface area contributed by atoms with Gasteiger partial charge in [0.1, 0.15) is 5.65 Å². The number of halogens is 1. The Hall–Kier alpha value is -2.53. The van der Waals surface area contributed by atoms with E-state index in [-0.39, 0.29) is 0 Å². The SMILES string of the molecule is CN=C(NCCc1cn2cccc(C)c2n1)N(C)Cc1cccc(Cl)c1. The zero-order chi connectivity index (χ0) is 18.5. The van der Waals surface area contributed by atoms with Crippen LogP contribution in [0.1, 0.15) is 16.8 Å². The maximum absolute atomic E-state index is 6.06. The second-order valence-electron chi connectivity index (χ2n) is 6.36. The van der Waals surface area contributed by atoms with E-state index in [1.165, 1.54) is 5.56 Å². The Balaban J connectivity index is 1.57. The average Bonchev–Trinajstić information content (AvgIpc) is 3.03. The van der Waals surface area contributed by atoms with E-state index in [9.17, 15) is 0 Å². The number of nitrogens with zero attached hydrogens (tertiary/aromatic N) is 4. The van der Waals surface area contributed by atoms with Crippen LogP contribution in [0.4, 0.5) is 0 Å². The van der Waals surface area contributed by atoms with Crippen LogP contribution in [0.3, 0.4) is 0 Å². The number of benzene rings is 1. The van der Waals surface area contributed by atoms with Crippen molar-refractivity contribution in [3.05, 3.63) is 70.6 Å². The number of pyridine rings is 1. The summed E-state index contributed by atoms with van der Waals surface area (Å²) in [5.74, 6) is 0.852. The monoisotopic (exact) mass is 369 g/mol. The smallest absolute Gasteiger partial charge is 0.193 e. The Kier molecular flexibility index (Phi) is 5.78. The first-order valence-corrected chi connectivity index (χ1v) is 9.04. The van der Waals surface area contributed by atoms with Crippen molar-refractivity contribution >= 4 is 23.2 Å². The molecule has 3 aromatic rings. The Morgan fingerprint density at radius 1 is 1.31 bits per heavy atom. The first-order valence-electron chi connectivity index (χ1n) is 8.66. The molecule has 0 fully saturated rings. The van der Waals surface area contributed by atoms with Crippen molar-refractivity contribution in [3.63, 3.8) is 0 Å². The highest BCUT2D eigenvalue weighted by Crippen LogP contribution is 2.12. The topological polar surface area (TPSA) is 44.9 Å². The van der Waals surface area contributed by atoms with Gasteiger partial charge in [0.05, 0.1) is 5.69 Å². The van der Waals surface area contributed by atoms with Gasteiger partial charge >= 0.3 is 0 Å². The van der Waals surface area contributed by atoms with E-state index in [1.807, 2.05) is 37.5 Å². The van der Waals surface area contributed by atoms with Crippen molar-refractivity contribution in [2.75, 3.05) is 20.6 Å². The van der Waals surface area contributed by atoms with E-state index in [1.54, 1.807) is 7.05 Å². The molecule has 0 spiro atoms. The van der Waals surface area contributed by atoms with Gasteiger partial charge in [-0.1, -0.05) is 29.8 Å². The fourth-order valence-corrected chi connectivity index (χ4v) is 3.21. The second kappa shape index (κ2) is 8.23. The Morgan fingerprint density at radius 2 is 2.15 bits per heavy atom. The summed E-state index contributed by atoms with van der Waals surface area (Å²) in [6.07, 6.45) is 4.96. The molecule has 136 valence electrons. The lowest BCUT2D eigenvalue weighted by atomic mass is 10.2. The molecule has 2 heterocycles. The molecule has 0 aliphatic heterocycles. The molecule has 0 bridgehead atoms. The number of fused-ring (bicyclic) bond motifs is 1. The van der Waals surface area contributed by atoms with E-state index in [0.717, 1.165) is 47.4 Å². The van der Waals surface area contributed by atoms with Crippen LogP contribution in [0.2, 0.25) is 5.02 Å². The van der Waals surface area contributed by atoms with Crippen LogP contribution in [0.15, 0.2) is 53.8 Å². The molecule has 3 rings (SSSR count). The van der Waals surface area contributed by atoms with Gasteiger partial charge in [-0.2, -0.15) is 0 Å². The minimum absolute atomic E-state index is 0.744. The normalized spacial score (nSPS) is 11.8. The van der Waals surface area contributed by atoms with Crippen LogP contribution in [0.25, 0.3) is 5.65 Å². The van der Waals surface area contributed by atoms with Crippen molar-refractivity contribution in [3.8, 4) is 0 Å². The van der Waals surface area contributed by atoms with Gasteiger partial charge in [-0.15, -0.1) is 0 Å². The number of imidazole rings is 1. The van der Waals surface area contributed by atoms with E-state index >= 15 is 0 Å². The summed E-state index contributed by atoms with van der Waals surface area (Å²) in [6.45, 7) is 3.60. The van der Waals surface area contributed by atoms with Crippen LogP contribution < -0.4 is 5.32 Å². The van der Waals surface area contributed by atoms with Gasteiger partial charge in [-0.3, -0.25) is 4.99 Å². The fourth-order valence-electron chi connectivity index (χ4n) is 3.00. The molecule has 0 amide bonds. The lowest BCUT2D eigenvalue weighted by Gasteiger charge is -2.22. The molecule has 5 nitrogen and oxygen atoms in total. The van der Waals surface area contributed by atoms with E-state index in [2.05, 4.69) is 44.9 Å². The highest BCUT2D eigenvalue weighted by atomic mass is 35.5. The molecule has 0 saturated carbocycles. The maximum atomic E-state index is 6.06. The quantitative estimate of drug-likeness (QED) is 0.552. The number of guanidine groups is 1. The van der Waals surface area contributed by atoms with E-state index in [0.29, 0.717) is 0 Å². The summed E-state index contributed by atoms with van der Waals surface area (Å²) in [6, 6.07) is 12.0. The van der Waals surface area contributed by atoms with E-state index in [4.69, 9.17) is 16.6 Å². The third-order valence-corrected chi connectivity index (χ3v) is 4.51. The molecule has 1 aromatic carbocycles. The van der Waals surface area contributed by atoms with E-state index < -0.39 is 0 Å². The van der Waals surface area contributed by atoms with Crippen molar-refractivity contribution in [1.82, 2.24) is 19.6 Å². The van der Waals surface area contributed by atoms with Crippen molar-refractivity contribution < 1.29 is 0 Å². The molecule has 6 heteroatoms. The molecule has 0 atom stereocenters. The second-order valence-corrected chi connectivity index (χ2v) is 6.80. The molecule has 0 aliphatic carbocycles. The molecule has 26 heavy (non-hydrogen) atoms. The highest BCUT2D eigenvalue weighted by Gasteiger charge is 2.08. The van der Waals surface area contributed by atoms with Gasteiger partial charge in [0.15, 0.2) is 5.96 Å². The van der Waals surface area contributed by atoms with Gasteiger partial charge in [-0.25, -0.2) is 4.98 Å². The van der Waals surface area contributed by atoms with Crippen molar-refractivity contribution in [2.24, 2.45) is 4.99 Å². The number of hydrogen-bond donors (Lipinski definition) is 1. The van der Waals surface area contributed by atoms with Crippen LogP contribution in [0.5, 0.6) is 0 Å². The summed E-state index contributed by atoms with van der Waals surface area (Å²) in [5, 5.41) is 4.16. The number of rotatable bonds is 5. The zero-order valence-electron chi connectivity index (χ0n) is 15.4. The highest BCUT2D eigenvalue weighted by molar-refractivity contribution is 6.30. The lowest BCUT2D eigenvalue weighted by molar-refractivity contribution is 0.477. The van der Waals surface area contributed by atoms with Crippen LogP contribution in [-0.4, -0.2) is 40.9 Å². The summed E-state index contributed by atoms with van der Waals surface area (Å²) in [7, 11) is 3.82. The third kappa shape index (κ3) is 4.35. The molecule has 1 N–H and O–H groups in total. The summed E-state index contributed by atoms with van der Waals surface area (Å²) in [5.41, 5.74) is 4.42. The van der Waals surface area contributed by atoms with Gasteiger partial charge in [0.25, 0.3) is 0 Å². The molecular weight excluding hydrogens is 346 g/mol. The van der Waals surface area contributed by atoms with Crippen LogP contribution in [-0.2, 0) is 13.0 Å². The number of aliphatic imine (C=N–C) groups is 1. The Morgan fingerprint density at radius 3 is 2.88 bits per heavy atom. The lowest BCUT2D eigenvalue weighted by Crippen LogP contribution is -2.39. The van der Waals surface area contributed by atoms with Crippen molar-refractivity contribution in [1.29, 1.82) is 0 Å². The maximum Gasteiger partial charge on any atom is 0.193 e. The van der Waals surface area contributed by atoms with Crippen LogP contribution >= 0.6 is 11.6 Å². The molecular formula is C20H24ClN5. The van der Waals surface area contributed by atoms with Gasteiger partial charge in [0, 0.05) is 51.0 Å². The van der Waals surface area contributed by atoms with Gasteiger partial charge in [0.2, 0.25) is 0 Å². The summed E-state index contributed by atoms with van der Waals surface area (Å²) >= 11 is 6.06. The summed E-state index contributed by atoms with van der Waals surface area (Å²) in [4.78, 5) is 11.2. The Bertz CT molecular complexity index is 915. The molecule has 2 aromatic heterocycles. The number of aryl methyl sites for hydroxylation is 1. The third-order valence-electron chi connectivity index (χ3n) is 4.27. The number of aromatic nitrogens is 2. The molecule has 0 saturated heterocycles. The predicted molar refractivity (Wildman–Crippen MR) is 108 cm³/mol. The molecule has 0 radical (unpaired) electrons. The minimum Gasteiger partial charge on any atom is -0.356 e. The van der Waals surface area contributed by atoms with Crippen LogP contribution in [0, 0.1) is 6.92 Å². The average molecular weight is 370 g/mol. The summed E-state index contributed by atoms with van der Waals surface area (Å²) < 4.78 is 2.07. The zero-order valence-corrected chi connectivity index (χ0v) is 16.2. The Labute approximate surface area is 159 Å². The van der Waals surface area contributed by atoms with Gasteiger partial charge in [-0.05, 0) is 36.2 Å². The molecule has 0 aliphatic rings. The standard InChI is InChI=1S/C20H24ClN5/c1-15-6-5-11-26-14-18(24-19(15)26)9-10-23-20(22-2)25(3)13-16-7-4-8-17(21)12-16/h4-8,11-12,14H,9-10,13H2,1-3H3,(H,22,23). The first kappa shape index (κ1) is 18.3. The minimum atomic E-state index is 0.744. The first-order chi connectivity index (χ1) is 12.6. The van der Waals surface area contributed by atoms with Crippen molar-refractivity contribution in [2.45, 2.75) is 19.9 Å². The fraction of sp³-hybridized carbons (Fsp3) is 0.300. The number of hydrogen-bond acceptors (Lipinski definition) is 2. The largest absolute Gasteiger partial charge is 0.356 e. The predicted octanol–water partition coefficient (Wildman–Crippen LogP) is 3.55. The number of nitrogens with one attached hydrogen (secondary N) is 1.